The number of hydrogen-bond donors (Lipinski definition) is 2. The first-order valence-electron chi connectivity index (χ1n) is 9.41. The molecule has 0 bridgehead atoms. The summed E-state index contributed by atoms with van der Waals surface area (Å²) in [5.74, 6) is 1.73. The van der Waals surface area contributed by atoms with Gasteiger partial charge in [0.15, 0.2) is 0 Å². The van der Waals surface area contributed by atoms with E-state index in [1.165, 1.54) is 6.42 Å². The summed E-state index contributed by atoms with van der Waals surface area (Å²) in [7, 11) is 0. The molecule has 2 unspecified atom stereocenters. The van der Waals surface area contributed by atoms with Crippen LogP contribution in [-0.4, -0.2) is 45.0 Å². The highest BCUT2D eigenvalue weighted by Crippen LogP contribution is 2.28. The largest absolute Gasteiger partial charge is 0.381 e. The lowest BCUT2D eigenvalue weighted by Gasteiger charge is -2.28. The fraction of sp³-hybridized carbons (Fsp3) is 0.889. The van der Waals surface area contributed by atoms with Crippen molar-refractivity contribution in [2.24, 2.45) is 22.7 Å². The highest BCUT2D eigenvalue weighted by atomic mass is 16.5. The summed E-state index contributed by atoms with van der Waals surface area (Å²) in [5.41, 5.74) is 0. The number of carbonyl (C=O) groups excluding carboxylic acids is 2. The normalized spacial score (nSPS) is 24.8. The summed E-state index contributed by atoms with van der Waals surface area (Å²) in [6.45, 7) is 3.81. The average molecular weight is 337 g/mol. The third-order valence-electron chi connectivity index (χ3n) is 5.27. The van der Waals surface area contributed by atoms with E-state index < -0.39 is 0 Å². The molecule has 0 spiro atoms. The Kier molecular flexibility index (Phi) is 8.85. The van der Waals surface area contributed by atoms with Crippen LogP contribution in [-0.2, 0) is 9.53 Å². The monoisotopic (exact) mass is 337 g/mol. The number of hydrogen-bond acceptors (Lipinski definition) is 4. The maximum Gasteiger partial charge on any atom is 0.314 e. The summed E-state index contributed by atoms with van der Waals surface area (Å²) in [5, 5.41) is 5.95. The third kappa shape index (κ3) is 7.45. The molecule has 2 rings (SSSR count). The molecular weight excluding hydrogens is 306 g/mol. The quantitative estimate of drug-likeness (QED) is 0.406. The summed E-state index contributed by atoms with van der Waals surface area (Å²) in [4.78, 5) is 25.8. The zero-order valence-electron chi connectivity index (χ0n) is 14.6. The lowest BCUT2D eigenvalue weighted by molar-refractivity contribution is 0.0634. The summed E-state index contributed by atoms with van der Waals surface area (Å²) in [6.07, 6.45) is 10.6. The van der Waals surface area contributed by atoms with Crippen molar-refractivity contribution in [1.29, 1.82) is 0 Å². The number of carbonyl (C=O) groups is 1. The van der Waals surface area contributed by atoms with E-state index in [2.05, 4.69) is 15.6 Å². The van der Waals surface area contributed by atoms with Crippen molar-refractivity contribution in [3.8, 4) is 0 Å². The van der Waals surface area contributed by atoms with Crippen molar-refractivity contribution in [3.05, 3.63) is 0 Å². The predicted molar refractivity (Wildman–Crippen MR) is 92.6 cm³/mol. The average Bonchev–Trinajstić information content (AvgIpc) is 2.63. The maximum absolute atomic E-state index is 11.9. The molecule has 2 fully saturated rings. The minimum Gasteiger partial charge on any atom is -0.381 e. The fourth-order valence-electron chi connectivity index (χ4n) is 3.85. The fourth-order valence-corrected chi connectivity index (χ4v) is 3.85. The van der Waals surface area contributed by atoms with Crippen LogP contribution in [0.1, 0.15) is 51.4 Å². The molecule has 2 aliphatic rings. The minimum atomic E-state index is -0.0602. The van der Waals surface area contributed by atoms with Gasteiger partial charge in [-0.15, -0.1) is 0 Å². The molecular formula is C18H31N3O3. The van der Waals surface area contributed by atoms with Crippen molar-refractivity contribution in [2.45, 2.75) is 51.4 Å². The maximum atomic E-state index is 11.9. The van der Waals surface area contributed by atoms with Crippen molar-refractivity contribution in [2.75, 3.05) is 32.8 Å². The molecule has 1 heterocycles. The molecule has 0 radical (unpaired) electrons. The molecule has 1 saturated heterocycles. The van der Waals surface area contributed by atoms with E-state index in [0.29, 0.717) is 24.9 Å². The van der Waals surface area contributed by atoms with Crippen LogP contribution in [0.15, 0.2) is 4.99 Å². The van der Waals surface area contributed by atoms with Crippen LogP contribution in [0.4, 0.5) is 4.79 Å². The Morgan fingerprint density at radius 3 is 2.67 bits per heavy atom. The molecule has 6 nitrogen and oxygen atoms in total. The van der Waals surface area contributed by atoms with Gasteiger partial charge in [-0.1, -0.05) is 6.42 Å². The molecule has 2 amide bonds. The predicted octanol–water partition coefficient (Wildman–Crippen LogP) is 2.63. The SMILES string of the molecule is O=C=NCC1CCCC(CNC(=O)NCCCC2CCOCC2)C1. The molecule has 1 saturated carbocycles. The number of aliphatic imine (C=N–C) groups is 1. The first-order chi connectivity index (χ1) is 11.8. The first-order valence-corrected chi connectivity index (χ1v) is 9.41. The van der Waals surface area contributed by atoms with E-state index in [4.69, 9.17) is 4.74 Å². The van der Waals surface area contributed by atoms with Gasteiger partial charge >= 0.3 is 6.03 Å². The number of ether oxygens (including phenoxy) is 1. The molecule has 24 heavy (non-hydrogen) atoms. The lowest BCUT2D eigenvalue weighted by atomic mass is 9.81. The number of nitrogens with zero attached hydrogens (tertiary/aromatic N) is 1. The summed E-state index contributed by atoms with van der Waals surface area (Å²) < 4.78 is 5.36. The van der Waals surface area contributed by atoms with Crippen LogP contribution in [0.2, 0.25) is 0 Å². The van der Waals surface area contributed by atoms with E-state index >= 15 is 0 Å². The van der Waals surface area contributed by atoms with Gasteiger partial charge in [0, 0.05) is 26.3 Å². The number of urea groups is 1. The second-order valence-corrected chi connectivity index (χ2v) is 7.17. The molecule has 6 heteroatoms. The molecule has 0 aromatic heterocycles. The Balaban J connectivity index is 1.51. The van der Waals surface area contributed by atoms with Gasteiger partial charge in [-0.3, -0.25) is 0 Å². The first kappa shape index (κ1) is 18.9. The van der Waals surface area contributed by atoms with Crippen LogP contribution < -0.4 is 10.6 Å². The Hall–Kier alpha value is -1.39. The van der Waals surface area contributed by atoms with Crippen LogP contribution in [0, 0.1) is 17.8 Å². The van der Waals surface area contributed by atoms with Crippen LogP contribution in [0.3, 0.4) is 0 Å². The number of rotatable bonds is 8. The highest BCUT2D eigenvalue weighted by molar-refractivity contribution is 5.73. The van der Waals surface area contributed by atoms with Gasteiger partial charge in [-0.2, -0.15) is 0 Å². The van der Waals surface area contributed by atoms with E-state index in [1.54, 1.807) is 6.08 Å². The van der Waals surface area contributed by atoms with Crippen molar-refractivity contribution in [3.63, 3.8) is 0 Å². The van der Waals surface area contributed by atoms with E-state index in [1.807, 2.05) is 0 Å². The number of amides is 2. The zero-order chi connectivity index (χ0) is 17.0. The molecule has 0 aromatic carbocycles. The van der Waals surface area contributed by atoms with Gasteiger partial charge in [-0.05, 0) is 62.7 Å². The molecule has 2 atom stereocenters. The Morgan fingerprint density at radius 1 is 1.08 bits per heavy atom. The number of nitrogens with one attached hydrogen (secondary N) is 2. The second kappa shape index (κ2) is 11.2. The molecule has 1 aliphatic carbocycles. The Morgan fingerprint density at radius 2 is 1.88 bits per heavy atom. The summed E-state index contributed by atoms with van der Waals surface area (Å²) >= 11 is 0. The molecule has 2 N–H and O–H groups in total. The molecule has 0 aromatic rings. The van der Waals surface area contributed by atoms with Crippen LogP contribution >= 0.6 is 0 Å². The third-order valence-corrected chi connectivity index (χ3v) is 5.27. The van der Waals surface area contributed by atoms with E-state index in [-0.39, 0.29) is 6.03 Å². The smallest absolute Gasteiger partial charge is 0.314 e. The van der Waals surface area contributed by atoms with Gasteiger partial charge < -0.3 is 15.4 Å². The van der Waals surface area contributed by atoms with Gasteiger partial charge in [-0.25, -0.2) is 14.6 Å². The second-order valence-electron chi connectivity index (χ2n) is 7.17. The molecule has 1 aliphatic heterocycles. The van der Waals surface area contributed by atoms with Gasteiger partial charge in [0.1, 0.15) is 0 Å². The molecule has 136 valence electrons. The van der Waals surface area contributed by atoms with Crippen molar-refractivity contribution in [1.82, 2.24) is 10.6 Å². The highest BCUT2D eigenvalue weighted by Gasteiger charge is 2.22. The van der Waals surface area contributed by atoms with E-state index in [0.717, 1.165) is 70.6 Å². The van der Waals surface area contributed by atoms with Crippen LogP contribution in [0.5, 0.6) is 0 Å². The van der Waals surface area contributed by atoms with Crippen molar-refractivity contribution >= 4 is 12.1 Å². The van der Waals surface area contributed by atoms with Gasteiger partial charge in [0.2, 0.25) is 6.08 Å². The minimum absolute atomic E-state index is 0.0602. The van der Waals surface area contributed by atoms with Gasteiger partial charge in [0.25, 0.3) is 0 Å². The van der Waals surface area contributed by atoms with Crippen LogP contribution in [0.25, 0.3) is 0 Å². The zero-order valence-corrected chi connectivity index (χ0v) is 14.6. The topological polar surface area (TPSA) is 79.8 Å². The summed E-state index contributed by atoms with van der Waals surface area (Å²) in [6, 6.07) is -0.0602. The van der Waals surface area contributed by atoms with E-state index in [9.17, 15) is 9.59 Å². The van der Waals surface area contributed by atoms with Gasteiger partial charge in [0.05, 0.1) is 6.54 Å². The van der Waals surface area contributed by atoms with Crippen molar-refractivity contribution < 1.29 is 14.3 Å². The Bertz CT molecular complexity index is 418. The Labute approximate surface area is 144 Å². The lowest BCUT2D eigenvalue weighted by Crippen LogP contribution is -2.39. The number of isocyanates is 1. The standard InChI is InChI=1S/C18H31N3O3/c22-14-19-12-16-3-1-4-17(11-16)13-21-18(23)20-8-2-5-15-6-9-24-10-7-15/h15-17H,1-13H2,(H2,20,21,23).